The molecule has 0 spiro atoms. The van der Waals surface area contributed by atoms with Gasteiger partial charge in [-0.15, -0.1) is 0 Å². The maximum Gasteiger partial charge on any atom is 0.238 e. The lowest BCUT2D eigenvalue weighted by atomic mass is 9.59. The molecule has 8 heteroatoms. The van der Waals surface area contributed by atoms with Gasteiger partial charge in [-0.2, -0.15) is 0 Å². The molecule has 202 valence electrons. The van der Waals surface area contributed by atoms with Crippen molar-refractivity contribution in [2.75, 3.05) is 12.0 Å². The number of rotatable bonds is 4. The molecule has 2 amide bonds. The van der Waals surface area contributed by atoms with Gasteiger partial charge < -0.3 is 9.84 Å². The van der Waals surface area contributed by atoms with Crippen molar-refractivity contribution in [2.24, 2.45) is 17.8 Å². The molecule has 2 aromatic carbocycles. The number of hydrogen-bond donors (Lipinski definition) is 1. The molecule has 4 atom stereocenters. The predicted octanol–water partition coefficient (Wildman–Crippen LogP) is 4.24. The number of fused-ring (bicyclic) bond motifs is 3. The van der Waals surface area contributed by atoms with Crippen molar-refractivity contribution in [3.63, 3.8) is 0 Å². The Labute approximate surface area is 230 Å². The predicted molar refractivity (Wildman–Crippen MR) is 145 cm³/mol. The fourth-order valence-corrected chi connectivity index (χ4v) is 6.71. The van der Waals surface area contributed by atoms with Crippen LogP contribution in [0.25, 0.3) is 0 Å². The Hall–Kier alpha value is -4.59. The SMILES string of the molecule is COc1ccc(C2C3=CCC4C(=O)N(c5ccc(C(C)=O)cc5)C(=O)C4C3CC3=C2C(=O)C(C)=CC3=O)c(O)c1. The Morgan fingerprint density at radius 2 is 1.73 bits per heavy atom. The first-order valence-electron chi connectivity index (χ1n) is 13.2. The van der Waals surface area contributed by atoms with Crippen LogP contribution in [0.4, 0.5) is 5.69 Å². The molecule has 1 N–H and O–H groups in total. The van der Waals surface area contributed by atoms with Gasteiger partial charge in [0.05, 0.1) is 24.6 Å². The monoisotopic (exact) mass is 537 g/mol. The molecular formula is C32H27NO7. The number of nitrogens with zero attached hydrogens (tertiary/aromatic N) is 1. The second-order valence-corrected chi connectivity index (χ2v) is 10.8. The number of carbonyl (C=O) groups excluding carboxylic acids is 5. The van der Waals surface area contributed by atoms with Crippen LogP contribution in [0.15, 0.2) is 76.9 Å². The van der Waals surface area contributed by atoms with Crippen LogP contribution in [0.2, 0.25) is 0 Å². The Morgan fingerprint density at radius 1 is 1.00 bits per heavy atom. The van der Waals surface area contributed by atoms with Gasteiger partial charge in [-0.05, 0) is 69.0 Å². The zero-order chi connectivity index (χ0) is 28.5. The van der Waals surface area contributed by atoms with E-state index in [1.54, 1.807) is 43.3 Å². The number of phenolic OH excluding ortho intramolecular Hbond substituents is 1. The maximum absolute atomic E-state index is 13.9. The minimum atomic E-state index is -0.743. The van der Waals surface area contributed by atoms with Gasteiger partial charge in [-0.1, -0.05) is 17.7 Å². The molecule has 0 radical (unpaired) electrons. The van der Waals surface area contributed by atoms with Crippen molar-refractivity contribution in [1.29, 1.82) is 0 Å². The number of ketones is 3. The number of phenols is 1. The van der Waals surface area contributed by atoms with Crippen LogP contribution < -0.4 is 9.64 Å². The summed E-state index contributed by atoms with van der Waals surface area (Å²) in [5, 5.41) is 11.0. The largest absolute Gasteiger partial charge is 0.507 e. The van der Waals surface area contributed by atoms with Gasteiger partial charge in [-0.3, -0.25) is 28.9 Å². The number of Topliss-reactive ketones (excluding diaryl/α,β-unsaturated/α-hetero) is 2. The zero-order valence-corrected chi connectivity index (χ0v) is 22.3. The number of ether oxygens (including phenoxy) is 1. The summed E-state index contributed by atoms with van der Waals surface area (Å²) in [6.45, 7) is 3.04. The Kier molecular flexibility index (Phi) is 5.94. The van der Waals surface area contributed by atoms with Crippen molar-refractivity contribution in [2.45, 2.75) is 32.6 Å². The molecule has 0 bridgehead atoms. The molecule has 1 saturated heterocycles. The number of carbonyl (C=O) groups is 5. The first-order chi connectivity index (χ1) is 19.1. The van der Waals surface area contributed by atoms with E-state index >= 15 is 0 Å². The molecule has 1 aliphatic heterocycles. The summed E-state index contributed by atoms with van der Waals surface area (Å²) < 4.78 is 5.24. The van der Waals surface area contributed by atoms with E-state index in [1.165, 1.54) is 31.1 Å². The third-order valence-corrected chi connectivity index (χ3v) is 8.65. The van der Waals surface area contributed by atoms with E-state index in [0.29, 0.717) is 39.3 Å². The average Bonchev–Trinajstić information content (AvgIpc) is 3.20. The molecule has 0 saturated carbocycles. The average molecular weight is 538 g/mol. The number of anilines is 1. The lowest BCUT2D eigenvalue weighted by molar-refractivity contribution is -0.123. The van der Waals surface area contributed by atoms with Crippen LogP contribution in [0.3, 0.4) is 0 Å². The van der Waals surface area contributed by atoms with Gasteiger partial charge in [0.2, 0.25) is 11.8 Å². The van der Waals surface area contributed by atoms with Crippen LogP contribution in [0.5, 0.6) is 11.5 Å². The highest BCUT2D eigenvalue weighted by atomic mass is 16.5. The van der Waals surface area contributed by atoms with Crippen LogP contribution in [-0.4, -0.2) is 41.4 Å². The summed E-state index contributed by atoms with van der Waals surface area (Å²) in [4.78, 5) is 67.2. The molecule has 3 aliphatic carbocycles. The lowest BCUT2D eigenvalue weighted by Gasteiger charge is -2.42. The highest BCUT2D eigenvalue weighted by Gasteiger charge is 2.56. The quantitative estimate of drug-likeness (QED) is 0.268. The highest BCUT2D eigenvalue weighted by molar-refractivity contribution is 6.25. The van der Waals surface area contributed by atoms with Crippen molar-refractivity contribution >= 4 is 34.9 Å². The van der Waals surface area contributed by atoms with Crippen molar-refractivity contribution in [1.82, 2.24) is 0 Å². The Morgan fingerprint density at radius 3 is 2.38 bits per heavy atom. The fourth-order valence-electron chi connectivity index (χ4n) is 6.71. The summed E-state index contributed by atoms with van der Waals surface area (Å²) >= 11 is 0. The zero-order valence-electron chi connectivity index (χ0n) is 22.3. The second kappa shape index (κ2) is 9.26. The summed E-state index contributed by atoms with van der Waals surface area (Å²) in [6.07, 6.45) is 3.67. The van der Waals surface area contributed by atoms with Crippen LogP contribution in [0, 0.1) is 17.8 Å². The van der Waals surface area contributed by atoms with Crippen molar-refractivity contribution < 1.29 is 33.8 Å². The third kappa shape index (κ3) is 3.70. The van der Waals surface area contributed by atoms with Crippen molar-refractivity contribution in [3.05, 3.63) is 88.0 Å². The smallest absolute Gasteiger partial charge is 0.238 e. The van der Waals surface area contributed by atoms with Crippen LogP contribution in [0.1, 0.15) is 48.5 Å². The van der Waals surface area contributed by atoms with Gasteiger partial charge in [0.25, 0.3) is 0 Å². The number of amides is 2. The van der Waals surface area contributed by atoms with Gasteiger partial charge in [-0.25, -0.2) is 0 Å². The molecule has 0 aromatic heterocycles. The first-order valence-corrected chi connectivity index (χ1v) is 13.2. The van der Waals surface area contributed by atoms with E-state index in [4.69, 9.17) is 4.74 Å². The molecule has 1 fully saturated rings. The van der Waals surface area contributed by atoms with E-state index in [-0.39, 0.29) is 47.8 Å². The van der Waals surface area contributed by atoms with Gasteiger partial charge in [0.15, 0.2) is 17.3 Å². The Balaban J connectivity index is 1.46. The lowest BCUT2D eigenvalue weighted by Crippen LogP contribution is -2.39. The molecule has 6 rings (SSSR count). The maximum atomic E-state index is 13.9. The summed E-state index contributed by atoms with van der Waals surface area (Å²) in [5.41, 5.74) is 3.02. The second-order valence-electron chi connectivity index (χ2n) is 10.8. The summed E-state index contributed by atoms with van der Waals surface area (Å²) in [6, 6.07) is 11.2. The van der Waals surface area contributed by atoms with Crippen LogP contribution in [-0.2, 0) is 19.2 Å². The minimum absolute atomic E-state index is 0.0895. The normalized spacial score (nSPS) is 25.7. The van der Waals surface area contributed by atoms with Crippen LogP contribution >= 0.6 is 0 Å². The van der Waals surface area contributed by atoms with Crippen molar-refractivity contribution in [3.8, 4) is 11.5 Å². The number of methoxy groups -OCH3 is 1. The van der Waals surface area contributed by atoms with Gasteiger partial charge in [0, 0.05) is 39.8 Å². The molecule has 40 heavy (non-hydrogen) atoms. The number of benzene rings is 2. The molecular weight excluding hydrogens is 510 g/mol. The number of allylic oxidation sites excluding steroid dienone is 6. The van der Waals surface area contributed by atoms with E-state index < -0.39 is 23.7 Å². The molecule has 2 aromatic rings. The van der Waals surface area contributed by atoms with E-state index in [9.17, 15) is 29.1 Å². The topological polar surface area (TPSA) is 118 Å². The third-order valence-electron chi connectivity index (χ3n) is 8.65. The first kappa shape index (κ1) is 25.7. The number of aromatic hydroxyl groups is 1. The highest BCUT2D eigenvalue weighted by Crippen LogP contribution is 2.56. The summed E-state index contributed by atoms with van der Waals surface area (Å²) in [7, 11) is 1.48. The number of hydrogen-bond acceptors (Lipinski definition) is 7. The van der Waals surface area contributed by atoms with E-state index in [0.717, 1.165) is 5.57 Å². The number of imide groups is 1. The summed E-state index contributed by atoms with van der Waals surface area (Å²) in [5.74, 6) is -3.63. The van der Waals surface area contributed by atoms with Gasteiger partial charge >= 0.3 is 0 Å². The fraction of sp³-hybridized carbons (Fsp3) is 0.281. The molecule has 4 unspecified atom stereocenters. The Bertz CT molecular complexity index is 1620. The van der Waals surface area contributed by atoms with E-state index in [1.807, 2.05) is 6.08 Å². The standard InChI is InChI=1S/C32H27NO7/c1-15-12-25(35)24-14-23-20(27(29(24)30(15)37)21-9-8-19(40-3)13-26(21)36)10-11-22-28(23)32(39)33(31(22)38)18-6-4-17(5-7-18)16(2)34/h4-10,12-13,22-23,27-28,36H,11,14H2,1-3H3. The molecule has 8 nitrogen and oxygen atoms in total. The molecule has 1 heterocycles. The molecule has 4 aliphatic rings. The minimum Gasteiger partial charge on any atom is -0.507 e. The van der Waals surface area contributed by atoms with E-state index in [2.05, 4.69) is 0 Å². The van der Waals surface area contributed by atoms with Gasteiger partial charge in [0.1, 0.15) is 11.5 Å².